The predicted octanol–water partition coefficient (Wildman–Crippen LogP) is 3.75. The lowest BCUT2D eigenvalue weighted by Crippen LogP contribution is -2.26. The van der Waals surface area contributed by atoms with Crippen molar-refractivity contribution in [2.45, 2.75) is 38.9 Å². The van der Waals surface area contributed by atoms with Crippen molar-refractivity contribution in [3.63, 3.8) is 0 Å². The maximum Gasteiger partial charge on any atom is 0.338 e. The number of carbonyl (C=O) groups excluding carboxylic acids is 2. The second-order valence-corrected chi connectivity index (χ2v) is 8.57. The van der Waals surface area contributed by atoms with Gasteiger partial charge in [-0.25, -0.2) is 14.8 Å². The Bertz CT molecular complexity index is 1160. The fraction of sp³-hybridized carbons (Fsp3) is 0.348. The van der Waals surface area contributed by atoms with Gasteiger partial charge in [-0.15, -0.1) is 0 Å². The van der Waals surface area contributed by atoms with Gasteiger partial charge in [-0.05, 0) is 48.7 Å². The number of amides is 1. The van der Waals surface area contributed by atoms with E-state index in [0.29, 0.717) is 40.6 Å². The van der Waals surface area contributed by atoms with E-state index in [1.165, 1.54) is 11.8 Å². The highest BCUT2D eigenvalue weighted by Gasteiger charge is 2.15. The largest absolute Gasteiger partial charge is 0.462 e. The molecular weight excluding hydrogens is 428 g/mol. The van der Waals surface area contributed by atoms with Crippen LogP contribution in [-0.4, -0.2) is 38.8 Å². The molecule has 3 rings (SSSR count). The average Bonchev–Trinajstić information content (AvgIpc) is 2.78. The number of ether oxygens (including phenoxy) is 1. The first kappa shape index (κ1) is 23.5. The molecule has 0 bridgehead atoms. The molecule has 3 aromatic rings. The minimum absolute atomic E-state index is 0.0726. The SMILES string of the molecule is CCCOC(=O)c1ccc(NC(=O)CSc2nc3ncccc3c(=O)n2CC(C)C)cc1. The zero-order valence-electron chi connectivity index (χ0n) is 18.3. The average molecular weight is 455 g/mol. The highest BCUT2D eigenvalue weighted by atomic mass is 32.2. The molecular formula is C23H26N4O4S. The van der Waals surface area contributed by atoms with Crippen LogP contribution < -0.4 is 10.9 Å². The first-order valence-electron chi connectivity index (χ1n) is 10.4. The van der Waals surface area contributed by atoms with Crippen LogP contribution >= 0.6 is 11.8 Å². The summed E-state index contributed by atoms with van der Waals surface area (Å²) in [6.07, 6.45) is 2.34. The maximum absolute atomic E-state index is 12.9. The van der Waals surface area contributed by atoms with Gasteiger partial charge in [-0.3, -0.25) is 14.2 Å². The fourth-order valence-corrected chi connectivity index (χ4v) is 3.76. The Labute approximate surface area is 190 Å². The number of rotatable bonds is 9. The zero-order chi connectivity index (χ0) is 23.1. The number of hydrogen-bond donors (Lipinski definition) is 1. The van der Waals surface area contributed by atoms with Gasteiger partial charge in [0, 0.05) is 18.4 Å². The van der Waals surface area contributed by atoms with E-state index in [0.717, 1.165) is 6.42 Å². The second-order valence-electron chi connectivity index (χ2n) is 7.63. The van der Waals surface area contributed by atoms with Gasteiger partial charge in [0.15, 0.2) is 10.8 Å². The number of nitrogens with zero attached hydrogens (tertiary/aromatic N) is 3. The molecule has 9 heteroatoms. The van der Waals surface area contributed by atoms with E-state index in [-0.39, 0.29) is 29.1 Å². The summed E-state index contributed by atoms with van der Waals surface area (Å²) in [7, 11) is 0. The van der Waals surface area contributed by atoms with Crippen LogP contribution in [0, 0.1) is 5.92 Å². The van der Waals surface area contributed by atoms with Crippen LogP contribution in [-0.2, 0) is 16.1 Å². The summed E-state index contributed by atoms with van der Waals surface area (Å²) in [5.74, 6) is -0.329. The summed E-state index contributed by atoms with van der Waals surface area (Å²) < 4.78 is 6.70. The van der Waals surface area contributed by atoms with E-state index in [9.17, 15) is 14.4 Å². The molecule has 1 amide bonds. The van der Waals surface area contributed by atoms with E-state index in [4.69, 9.17) is 4.74 Å². The molecule has 2 heterocycles. The smallest absolute Gasteiger partial charge is 0.338 e. The number of anilines is 1. The van der Waals surface area contributed by atoms with Crippen LogP contribution in [0.25, 0.3) is 11.0 Å². The Kier molecular flexibility index (Phi) is 7.99. The summed E-state index contributed by atoms with van der Waals surface area (Å²) in [6.45, 7) is 6.83. The van der Waals surface area contributed by atoms with Crippen LogP contribution in [0.4, 0.5) is 5.69 Å². The van der Waals surface area contributed by atoms with Crippen LogP contribution in [0.5, 0.6) is 0 Å². The predicted molar refractivity (Wildman–Crippen MR) is 125 cm³/mol. The Morgan fingerprint density at radius 3 is 2.62 bits per heavy atom. The third-order valence-corrected chi connectivity index (χ3v) is 5.39. The molecule has 0 spiro atoms. The van der Waals surface area contributed by atoms with Gasteiger partial charge in [-0.2, -0.15) is 0 Å². The second kappa shape index (κ2) is 10.9. The Balaban J connectivity index is 1.69. The Morgan fingerprint density at radius 2 is 1.94 bits per heavy atom. The quantitative estimate of drug-likeness (QED) is 0.298. The number of fused-ring (bicyclic) bond motifs is 1. The van der Waals surface area contributed by atoms with E-state index in [1.54, 1.807) is 47.2 Å². The highest BCUT2D eigenvalue weighted by Crippen LogP contribution is 2.19. The topological polar surface area (TPSA) is 103 Å². The number of thioether (sulfide) groups is 1. The van der Waals surface area contributed by atoms with Crippen LogP contribution in [0.15, 0.2) is 52.5 Å². The van der Waals surface area contributed by atoms with E-state index >= 15 is 0 Å². The van der Waals surface area contributed by atoms with Gasteiger partial charge in [-0.1, -0.05) is 32.5 Å². The third kappa shape index (κ3) is 5.94. The molecule has 0 saturated heterocycles. The molecule has 168 valence electrons. The highest BCUT2D eigenvalue weighted by molar-refractivity contribution is 7.99. The van der Waals surface area contributed by atoms with Crippen molar-refractivity contribution >= 4 is 40.4 Å². The zero-order valence-corrected chi connectivity index (χ0v) is 19.1. The molecule has 8 nitrogen and oxygen atoms in total. The minimum atomic E-state index is -0.389. The lowest BCUT2D eigenvalue weighted by molar-refractivity contribution is -0.113. The van der Waals surface area contributed by atoms with Crippen molar-refractivity contribution in [3.05, 3.63) is 58.5 Å². The fourth-order valence-electron chi connectivity index (χ4n) is 2.97. The molecule has 0 atom stereocenters. The monoisotopic (exact) mass is 454 g/mol. The first-order valence-corrected chi connectivity index (χ1v) is 11.4. The van der Waals surface area contributed by atoms with E-state index in [1.807, 2.05) is 20.8 Å². The summed E-state index contributed by atoms with van der Waals surface area (Å²) in [5.41, 5.74) is 1.20. The van der Waals surface area contributed by atoms with Gasteiger partial charge in [0.05, 0.1) is 23.3 Å². The van der Waals surface area contributed by atoms with Crippen molar-refractivity contribution in [1.29, 1.82) is 0 Å². The molecule has 0 fully saturated rings. The van der Waals surface area contributed by atoms with Crippen molar-refractivity contribution in [3.8, 4) is 0 Å². The molecule has 1 N–H and O–H groups in total. The van der Waals surface area contributed by atoms with Gasteiger partial charge in [0.1, 0.15) is 0 Å². The van der Waals surface area contributed by atoms with Crippen LogP contribution in [0.3, 0.4) is 0 Å². The van der Waals surface area contributed by atoms with Gasteiger partial charge in [0.2, 0.25) is 5.91 Å². The molecule has 1 aromatic carbocycles. The molecule has 0 radical (unpaired) electrons. The van der Waals surface area contributed by atoms with Crippen molar-refractivity contribution in [2.75, 3.05) is 17.7 Å². The van der Waals surface area contributed by atoms with Crippen molar-refractivity contribution in [1.82, 2.24) is 14.5 Å². The van der Waals surface area contributed by atoms with E-state index in [2.05, 4.69) is 15.3 Å². The number of esters is 1. The number of aromatic nitrogens is 3. The molecule has 32 heavy (non-hydrogen) atoms. The maximum atomic E-state index is 12.9. The van der Waals surface area contributed by atoms with Crippen molar-refractivity contribution < 1.29 is 14.3 Å². The van der Waals surface area contributed by atoms with Gasteiger partial charge < -0.3 is 10.1 Å². The molecule has 2 aromatic heterocycles. The Morgan fingerprint density at radius 1 is 1.19 bits per heavy atom. The van der Waals surface area contributed by atoms with Crippen LogP contribution in [0.1, 0.15) is 37.6 Å². The molecule has 0 aliphatic rings. The summed E-state index contributed by atoms with van der Waals surface area (Å²) >= 11 is 1.19. The number of carbonyl (C=O) groups is 2. The standard InChI is InChI=1S/C23H26N4O4S/c1-4-12-31-22(30)16-7-9-17(10-8-16)25-19(28)14-32-23-26-20-18(6-5-11-24-20)21(29)27(23)13-15(2)3/h5-11,15H,4,12-14H2,1-3H3,(H,25,28). The lowest BCUT2D eigenvalue weighted by atomic mass is 10.2. The minimum Gasteiger partial charge on any atom is -0.462 e. The van der Waals surface area contributed by atoms with Gasteiger partial charge in [0.25, 0.3) is 5.56 Å². The Hall–Kier alpha value is -3.20. The van der Waals surface area contributed by atoms with Crippen LogP contribution in [0.2, 0.25) is 0 Å². The molecule has 0 unspecified atom stereocenters. The van der Waals surface area contributed by atoms with E-state index < -0.39 is 0 Å². The normalized spacial score (nSPS) is 11.0. The summed E-state index contributed by atoms with van der Waals surface area (Å²) in [4.78, 5) is 45.9. The number of pyridine rings is 1. The lowest BCUT2D eigenvalue weighted by Gasteiger charge is -2.14. The molecule has 0 saturated carbocycles. The molecule has 0 aliphatic carbocycles. The third-order valence-electron chi connectivity index (χ3n) is 4.42. The number of nitrogens with one attached hydrogen (secondary N) is 1. The summed E-state index contributed by atoms with van der Waals surface area (Å²) in [5, 5.41) is 3.71. The number of hydrogen-bond acceptors (Lipinski definition) is 7. The molecule has 0 aliphatic heterocycles. The summed E-state index contributed by atoms with van der Waals surface area (Å²) in [6, 6.07) is 9.93. The van der Waals surface area contributed by atoms with Gasteiger partial charge >= 0.3 is 5.97 Å². The number of benzene rings is 1. The first-order chi connectivity index (χ1) is 15.4. The van der Waals surface area contributed by atoms with Crippen molar-refractivity contribution in [2.24, 2.45) is 5.92 Å².